The van der Waals surface area contributed by atoms with Gasteiger partial charge in [0.2, 0.25) is 10.0 Å². The van der Waals surface area contributed by atoms with Crippen LogP contribution in [0.25, 0.3) is 0 Å². The summed E-state index contributed by atoms with van der Waals surface area (Å²) in [5.41, 5.74) is -0.206. The van der Waals surface area contributed by atoms with Crippen molar-refractivity contribution in [3.05, 3.63) is 29.8 Å². The van der Waals surface area contributed by atoms with Gasteiger partial charge in [-0.15, -0.1) is 0 Å². The molecule has 1 aromatic rings. The maximum absolute atomic E-state index is 12.0. The molecule has 2 rings (SSSR count). The molecule has 6 heteroatoms. The number of rotatable bonds is 4. The number of benzene rings is 1. The van der Waals surface area contributed by atoms with Crippen LogP contribution in [-0.4, -0.2) is 43.6 Å². The number of methoxy groups -OCH3 is 1. The average molecular weight is 271 g/mol. The molecule has 0 unspecified atom stereocenters. The molecule has 1 heterocycles. The Bertz CT molecular complexity index is 531. The molecule has 0 saturated carbocycles. The molecule has 0 bridgehead atoms. The maximum atomic E-state index is 12.0. The van der Waals surface area contributed by atoms with Gasteiger partial charge in [0.25, 0.3) is 0 Å². The number of hydrogen-bond donors (Lipinski definition) is 1. The smallest absolute Gasteiger partial charge is 0.218 e. The molecule has 1 N–H and O–H groups in total. The molecular formula is C12H17NO4S. The molecule has 1 aliphatic heterocycles. The van der Waals surface area contributed by atoms with Gasteiger partial charge in [-0.05, 0) is 24.6 Å². The van der Waals surface area contributed by atoms with Crippen molar-refractivity contribution in [2.75, 3.05) is 20.2 Å². The van der Waals surface area contributed by atoms with Crippen LogP contribution in [0.5, 0.6) is 5.75 Å². The van der Waals surface area contributed by atoms with Gasteiger partial charge in [-0.2, -0.15) is 4.31 Å². The van der Waals surface area contributed by atoms with Gasteiger partial charge in [-0.25, -0.2) is 8.42 Å². The molecular weight excluding hydrogens is 254 g/mol. The summed E-state index contributed by atoms with van der Waals surface area (Å²) in [6.45, 7) is 1.96. The Morgan fingerprint density at radius 2 is 2.11 bits per heavy atom. The first-order valence-electron chi connectivity index (χ1n) is 5.66. The largest absolute Gasteiger partial charge is 0.497 e. The first-order valence-corrected chi connectivity index (χ1v) is 7.26. The standard InChI is InChI=1S/C12H17NO4S/c1-12(14)8-13(9-12)18(15,16)7-10-4-3-5-11(6-10)17-2/h3-6,14H,7-9H2,1-2H3. The minimum absolute atomic E-state index is 0.0692. The maximum Gasteiger partial charge on any atom is 0.218 e. The molecule has 100 valence electrons. The molecule has 1 aromatic carbocycles. The Balaban J connectivity index is 2.09. The van der Waals surface area contributed by atoms with Gasteiger partial charge in [0.1, 0.15) is 5.75 Å². The second-order valence-electron chi connectivity index (χ2n) is 4.87. The van der Waals surface area contributed by atoms with Crippen molar-refractivity contribution in [1.29, 1.82) is 0 Å². The lowest BCUT2D eigenvalue weighted by Crippen LogP contribution is -2.61. The zero-order chi connectivity index (χ0) is 13.4. The minimum atomic E-state index is -3.35. The molecule has 0 aromatic heterocycles. The highest BCUT2D eigenvalue weighted by Crippen LogP contribution is 2.25. The van der Waals surface area contributed by atoms with Crippen LogP contribution >= 0.6 is 0 Å². The zero-order valence-corrected chi connectivity index (χ0v) is 11.3. The third kappa shape index (κ3) is 2.82. The average Bonchev–Trinajstić information content (AvgIpc) is 2.25. The van der Waals surface area contributed by atoms with Gasteiger partial charge in [-0.3, -0.25) is 0 Å². The van der Waals surface area contributed by atoms with Crippen LogP contribution in [0.1, 0.15) is 12.5 Å². The summed E-state index contributed by atoms with van der Waals surface area (Å²) in [5, 5.41) is 9.57. The summed E-state index contributed by atoms with van der Waals surface area (Å²) in [6, 6.07) is 6.98. The van der Waals surface area contributed by atoms with E-state index >= 15 is 0 Å². The number of hydrogen-bond acceptors (Lipinski definition) is 4. The van der Waals surface area contributed by atoms with Crippen molar-refractivity contribution < 1.29 is 18.3 Å². The van der Waals surface area contributed by atoms with Crippen molar-refractivity contribution in [3.8, 4) is 5.75 Å². The van der Waals surface area contributed by atoms with Crippen LogP contribution in [0.2, 0.25) is 0 Å². The highest BCUT2D eigenvalue weighted by molar-refractivity contribution is 7.88. The third-order valence-electron chi connectivity index (χ3n) is 2.91. The van der Waals surface area contributed by atoms with E-state index in [1.54, 1.807) is 38.3 Å². The number of aliphatic hydroxyl groups is 1. The van der Waals surface area contributed by atoms with E-state index in [2.05, 4.69) is 0 Å². The summed E-state index contributed by atoms with van der Waals surface area (Å²) in [6.07, 6.45) is 0. The fourth-order valence-corrected chi connectivity index (χ4v) is 3.71. The van der Waals surface area contributed by atoms with E-state index in [1.807, 2.05) is 0 Å². The predicted octanol–water partition coefficient (Wildman–Crippen LogP) is 0.592. The zero-order valence-electron chi connectivity index (χ0n) is 10.5. The van der Waals surface area contributed by atoms with Crippen LogP contribution < -0.4 is 4.74 Å². The quantitative estimate of drug-likeness (QED) is 0.870. The highest BCUT2D eigenvalue weighted by Gasteiger charge is 2.43. The second kappa shape index (κ2) is 4.53. The first kappa shape index (κ1) is 13.3. The van der Waals surface area contributed by atoms with Crippen molar-refractivity contribution in [3.63, 3.8) is 0 Å². The second-order valence-corrected chi connectivity index (χ2v) is 6.84. The van der Waals surface area contributed by atoms with Crippen molar-refractivity contribution >= 4 is 10.0 Å². The molecule has 1 fully saturated rings. The van der Waals surface area contributed by atoms with Crippen LogP contribution in [0.15, 0.2) is 24.3 Å². The molecule has 0 amide bonds. The van der Waals surface area contributed by atoms with Gasteiger partial charge in [0.05, 0.1) is 18.5 Å². The van der Waals surface area contributed by atoms with E-state index in [0.29, 0.717) is 11.3 Å². The highest BCUT2D eigenvalue weighted by atomic mass is 32.2. The summed E-state index contributed by atoms with van der Waals surface area (Å²) < 4.78 is 30.4. The van der Waals surface area contributed by atoms with Gasteiger partial charge < -0.3 is 9.84 Å². The Hall–Kier alpha value is -1.11. The van der Waals surface area contributed by atoms with Crippen LogP contribution in [0, 0.1) is 0 Å². The molecule has 0 spiro atoms. The summed E-state index contributed by atoms with van der Waals surface area (Å²) in [5.74, 6) is 0.568. The Labute approximate surface area is 107 Å². The molecule has 5 nitrogen and oxygen atoms in total. The van der Waals surface area contributed by atoms with E-state index in [4.69, 9.17) is 4.74 Å². The van der Waals surface area contributed by atoms with Gasteiger partial charge in [-0.1, -0.05) is 12.1 Å². The summed E-state index contributed by atoms with van der Waals surface area (Å²) in [4.78, 5) is 0. The lowest BCUT2D eigenvalue weighted by molar-refractivity contribution is -0.0427. The SMILES string of the molecule is COc1cccc(CS(=O)(=O)N2CC(C)(O)C2)c1. The first-order chi connectivity index (χ1) is 8.32. The molecule has 0 aliphatic carbocycles. The van der Waals surface area contributed by atoms with Crippen molar-refractivity contribution in [1.82, 2.24) is 4.31 Å². The topological polar surface area (TPSA) is 66.8 Å². The van der Waals surface area contributed by atoms with E-state index < -0.39 is 15.6 Å². The van der Waals surface area contributed by atoms with E-state index in [0.717, 1.165) is 0 Å². The van der Waals surface area contributed by atoms with Gasteiger partial charge >= 0.3 is 0 Å². The molecule has 18 heavy (non-hydrogen) atoms. The Morgan fingerprint density at radius 1 is 1.44 bits per heavy atom. The normalized spacial score (nSPS) is 19.3. The van der Waals surface area contributed by atoms with Crippen LogP contribution in [-0.2, 0) is 15.8 Å². The van der Waals surface area contributed by atoms with E-state index in [1.165, 1.54) is 4.31 Å². The van der Waals surface area contributed by atoms with Crippen LogP contribution in [0.3, 0.4) is 0 Å². The van der Waals surface area contributed by atoms with Gasteiger partial charge in [0.15, 0.2) is 0 Å². The molecule has 0 atom stereocenters. The summed E-state index contributed by atoms with van der Waals surface area (Å²) in [7, 11) is -1.81. The Morgan fingerprint density at radius 3 is 2.67 bits per heavy atom. The minimum Gasteiger partial charge on any atom is -0.497 e. The van der Waals surface area contributed by atoms with E-state index in [9.17, 15) is 13.5 Å². The fourth-order valence-electron chi connectivity index (χ4n) is 1.97. The fraction of sp³-hybridized carbons (Fsp3) is 0.500. The third-order valence-corrected chi connectivity index (χ3v) is 4.65. The number of β-amino-alcohol motifs (C(OH)–C–C–N with tert-alkyl or cyclic N) is 1. The number of sulfonamides is 1. The molecule has 0 radical (unpaired) electrons. The predicted molar refractivity (Wildman–Crippen MR) is 67.8 cm³/mol. The van der Waals surface area contributed by atoms with Crippen molar-refractivity contribution in [2.24, 2.45) is 0 Å². The monoisotopic (exact) mass is 271 g/mol. The lowest BCUT2D eigenvalue weighted by Gasteiger charge is -2.42. The van der Waals surface area contributed by atoms with Gasteiger partial charge in [0, 0.05) is 13.1 Å². The number of nitrogens with zero attached hydrogens (tertiary/aromatic N) is 1. The summed E-state index contributed by atoms with van der Waals surface area (Å²) >= 11 is 0. The van der Waals surface area contributed by atoms with Crippen molar-refractivity contribution in [2.45, 2.75) is 18.3 Å². The molecule has 1 aliphatic rings. The van der Waals surface area contributed by atoms with Crippen LogP contribution in [0.4, 0.5) is 0 Å². The lowest BCUT2D eigenvalue weighted by atomic mass is 10.0. The Kier molecular flexibility index (Phi) is 3.35. The molecule has 1 saturated heterocycles. The number of ether oxygens (including phenoxy) is 1. The van der Waals surface area contributed by atoms with E-state index in [-0.39, 0.29) is 18.8 Å².